The Morgan fingerprint density at radius 3 is 2.86 bits per heavy atom. The third-order valence-electron chi connectivity index (χ3n) is 1.50. The molecule has 1 aromatic rings. The number of nitrogens with two attached hydrogens (primary N) is 1. The maximum atomic E-state index is 11.2. The van der Waals surface area contributed by atoms with E-state index in [1.807, 2.05) is 0 Å². The summed E-state index contributed by atoms with van der Waals surface area (Å²) in [5.74, 6) is -0.524. The van der Waals surface area contributed by atoms with Crippen molar-refractivity contribution < 1.29 is 9.53 Å². The molecule has 0 bridgehead atoms. The van der Waals surface area contributed by atoms with Gasteiger partial charge in [-0.25, -0.2) is 9.78 Å². The lowest BCUT2D eigenvalue weighted by Gasteiger charge is -2.08. The average molecular weight is 216 g/mol. The molecular formula is C8H10ClN3O2. The van der Waals surface area contributed by atoms with E-state index in [-0.39, 0.29) is 11.8 Å². The first kappa shape index (κ1) is 10.9. The van der Waals surface area contributed by atoms with Crippen LogP contribution >= 0.6 is 11.6 Å². The minimum Gasteiger partial charge on any atom is -0.465 e. The molecule has 2 N–H and O–H groups in total. The Morgan fingerprint density at radius 2 is 2.36 bits per heavy atom. The normalized spacial score (nSPS) is 12.2. The van der Waals surface area contributed by atoms with Crippen LogP contribution in [0.3, 0.4) is 0 Å². The van der Waals surface area contributed by atoms with E-state index in [2.05, 4.69) is 9.97 Å². The van der Waals surface area contributed by atoms with Crippen LogP contribution in [0, 0.1) is 0 Å². The third-order valence-corrected chi connectivity index (χ3v) is 1.69. The van der Waals surface area contributed by atoms with Crippen molar-refractivity contribution >= 4 is 17.6 Å². The molecule has 14 heavy (non-hydrogen) atoms. The molecule has 0 saturated carbocycles. The van der Waals surface area contributed by atoms with Crippen molar-refractivity contribution in [1.82, 2.24) is 9.97 Å². The van der Waals surface area contributed by atoms with Crippen LogP contribution in [0.5, 0.6) is 0 Å². The zero-order valence-corrected chi connectivity index (χ0v) is 8.36. The monoisotopic (exact) mass is 215 g/mol. The van der Waals surface area contributed by atoms with Crippen molar-refractivity contribution in [2.24, 2.45) is 5.73 Å². The van der Waals surface area contributed by atoms with Crippen molar-refractivity contribution in [2.75, 3.05) is 6.61 Å². The van der Waals surface area contributed by atoms with Crippen LogP contribution in [-0.2, 0) is 9.53 Å². The molecule has 0 fully saturated rings. The number of nitrogens with zero attached hydrogens (tertiary/aromatic N) is 2. The number of rotatable bonds is 3. The first-order valence-corrected chi connectivity index (χ1v) is 4.42. The van der Waals surface area contributed by atoms with E-state index in [0.29, 0.717) is 5.69 Å². The summed E-state index contributed by atoms with van der Waals surface area (Å²) in [7, 11) is 0. The Hall–Kier alpha value is -1.20. The molecule has 0 saturated heterocycles. The van der Waals surface area contributed by atoms with Gasteiger partial charge in [-0.3, -0.25) is 4.98 Å². The number of halogens is 1. The minimum absolute atomic E-state index is 0.254. The second kappa shape index (κ2) is 4.88. The standard InChI is InChI=1S/C8H10ClN3O2/c1-2-14-8(13)7(10)5-3-12-6(9)4-11-5/h3-4,7H,2,10H2,1H3. The van der Waals surface area contributed by atoms with E-state index in [1.165, 1.54) is 12.4 Å². The highest BCUT2D eigenvalue weighted by Gasteiger charge is 2.18. The highest BCUT2D eigenvalue weighted by molar-refractivity contribution is 6.29. The summed E-state index contributed by atoms with van der Waals surface area (Å²) in [6.45, 7) is 1.99. The van der Waals surface area contributed by atoms with Gasteiger partial charge < -0.3 is 10.5 Å². The summed E-state index contributed by atoms with van der Waals surface area (Å²) in [5, 5.41) is 0.254. The van der Waals surface area contributed by atoms with Crippen molar-refractivity contribution in [2.45, 2.75) is 13.0 Å². The molecule has 0 amide bonds. The number of ether oxygens (including phenoxy) is 1. The van der Waals surface area contributed by atoms with Gasteiger partial charge in [-0.1, -0.05) is 11.6 Å². The van der Waals surface area contributed by atoms with E-state index in [1.54, 1.807) is 6.92 Å². The molecule has 1 rings (SSSR count). The molecule has 0 aromatic carbocycles. The molecular weight excluding hydrogens is 206 g/mol. The summed E-state index contributed by atoms with van der Waals surface area (Å²) in [5.41, 5.74) is 5.90. The van der Waals surface area contributed by atoms with Gasteiger partial charge in [0.15, 0.2) is 0 Å². The van der Waals surface area contributed by atoms with Gasteiger partial charge in [-0.05, 0) is 6.92 Å². The quantitative estimate of drug-likeness (QED) is 0.751. The summed E-state index contributed by atoms with van der Waals surface area (Å²) in [4.78, 5) is 18.8. The SMILES string of the molecule is CCOC(=O)C(N)c1cnc(Cl)cn1. The van der Waals surface area contributed by atoms with Crippen molar-refractivity contribution in [1.29, 1.82) is 0 Å². The van der Waals surface area contributed by atoms with E-state index in [9.17, 15) is 4.79 Å². The lowest BCUT2D eigenvalue weighted by atomic mass is 10.2. The maximum Gasteiger partial charge on any atom is 0.329 e. The third kappa shape index (κ3) is 2.65. The van der Waals surface area contributed by atoms with Gasteiger partial charge in [0.2, 0.25) is 0 Å². The van der Waals surface area contributed by atoms with Gasteiger partial charge in [0.1, 0.15) is 11.2 Å². The fourth-order valence-electron chi connectivity index (χ4n) is 0.836. The van der Waals surface area contributed by atoms with Crippen LogP contribution in [0.4, 0.5) is 0 Å². The molecule has 6 heteroatoms. The Bertz CT molecular complexity index is 315. The van der Waals surface area contributed by atoms with Gasteiger partial charge in [-0.15, -0.1) is 0 Å². The topological polar surface area (TPSA) is 78.1 Å². The van der Waals surface area contributed by atoms with Crippen LogP contribution in [0.15, 0.2) is 12.4 Å². The zero-order valence-electron chi connectivity index (χ0n) is 7.61. The molecule has 0 aliphatic rings. The van der Waals surface area contributed by atoms with Crippen molar-refractivity contribution in [3.05, 3.63) is 23.2 Å². The molecule has 1 unspecified atom stereocenters. The molecule has 1 atom stereocenters. The molecule has 1 aromatic heterocycles. The molecule has 0 radical (unpaired) electrons. The summed E-state index contributed by atoms with van der Waals surface area (Å²) < 4.78 is 4.72. The number of hydrogen-bond acceptors (Lipinski definition) is 5. The predicted octanol–water partition coefficient (Wildman–Crippen LogP) is 0.693. The second-order valence-electron chi connectivity index (χ2n) is 2.49. The van der Waals surface area contributed by atoms with Crippen molar-refractivity contribution in [3.8, 4) is 0 Å². The van der Waals surface area contributed by atoms with E-state index >= 15 is 0 Å². The predicted molar refractivity (Wildman–Crippen MR) is 50.6 cm³/mol. The summed E-state index contributed by atoms with van der Waals surface area (Å²) in [6.07, 6.45) is 2.68. The Balaban J connectivity index is 2.73. The van der Waals surface area contributed by atoms with Crippen LogP contribution in [0.1, 0.15) is 18.7 Å². The van der Waals surface area contributed by atoms with Gasteiger partial charge in [-0.2, -0.15) is 0 Å². The molecule has 0 aliphatic heterocycles. The Kier molecular flexibility index (Phi) is 3.79. The smallest absolute Gasteiger partial charge is 0.329 e. The highest BCUT2D eigenvalue weighted by Crippen LogP contribution is 2.09. The molecule has 76 valence electrons. The van der Waals surface area contributed by atoms with Gasteiger partial charge in [0, 0.05) is 0 Å². The fourth-order valence-corrected chi connectivity index (χ4v) is 0.933. The number of esters is 1. The molecule has 0 aliphatic carbocycles. The lowest BCUT2D eigenvalue weighted by Crippen LogP contribution is -2.24. The number of carbonyl (C=O) groups is 1. The van der Waals surface area contributed by atoms with Gasteiger partial charge in [0.25, 0.3) is 0 Å². The summed E-state index contributed by atoms with van der Waals surface area (Å²) in [6, 6.07) is -0.903. The van der Waals surface area contributed by atoms with Gasteiger partial charge in [0.05, 0.1) is 24.7 Å². The zero-order chi connectivity index (χ0) is 10.6. The number of carbonyl (C=O) groups excluding carboxylic acids is 1. The average Bonchev–Trinajstić information content (AvgIpc) is 2.18. The van der Waals surface area contributed by atoms with E-state index < -0.39 is 12.0 Å². The van der Waals surface area contributed by atoms with E-state index in [0.717, 1.165) is 0 Å². The Labute approximate surface area is 86.2 Å². The molecule has 0 spiro atoms. The number of aromatic nitrogens is 2. The maximum absolute atomic E-state index is 11.2. The highest BCUT2D eigenvalue weighted by atomic mass is 35.5. The molecule has 5 nitrogen and oxygen atoms in total. The van der Waals surface area contributed by atoms with Crippen molar-refractivity contribution in [3.63, 3.8) is 0 Å². The molecule has 1 heterocycles. The van der Waals surface area contributed by atoms with Crippen LogP contribution in [-0.4, -0.2) is 22.5 Å². The fraction of sp³-hybridized carbons (Fsp3) is 0.375. The van der Waals surface area contributed by atoms with Crippen LogP contribution < -0.4 is 5.73 Å². The van der Waals surface area contributed by atoms with Crippen LogP contribution in [0.2, 0.25) is 5.15 Å². The van der Waals surface area contributed by atoms with E-state index in [4.69, 9.17) is 22.1 Å². The lowest BCUT2D eigenvalue weighted by molar-refractivity contribution is -0.144. The minimum atomic E-state index is -0.903. The first-order chi connectivity index (χ1) is 6.65. The van der Waals surface area contributed by atoms with Gasteiger partial charge >= 0.3 is 5.97 Å². The number of hydrogen-bond donors (Lipinski definition) is 1. The van der Waals surface area contributed by atoms with Crippen LogP contribution in [0.25, 0.3) is 0 Å². The first-order valence-electron chi connectivity index (χ1n) is 4.04. The second-order valence-corrected chi connectivity index (χ2v) is 2.88. The largest absolute Gasteiger partial charge is 0.465 e. The summed E-state index contributed by atoms with van der Waals surface area (Å²) >= 11 is 5.53. The Morgan fingerprint density at radius 1 is 1.64 bits per heavy atom.